The molecule has 0 amide bonds. The third kappa shape index (κ3) is 14.2. The number of fused-ring (bicyclic) bond motifs is 2. The number of nitrogens with zero attached hydrogens (tertiary/aromatic N) is 2. The molecule has 0 aliphatic heterocycles. The minimum Gasteiger partial charge on any atom is -0.421 e. The Morgan fingerprint density at radius 3 is 1.35 bits per heavy atom. The molecule has 4 N–H and O–H groups in total. The second-order valence-corrected chi connectivity index (χ2v) is 28.7. The molecule has 2 fully saturated rings. The molecule has 0 radical (unpaired) electrons. The summed E-state index contributed by atoms with van der Waals surface area (Å²) in [4.78, 5) is 54.1. The first-order valence-electron chi connectivity index (χ1n) is 25.4. The maximum absolute atomic E-state index is 14.9. The van der Waals surface area contributed by atoms with Crippen LogP contribution in [0.2, 0.25) is 0 Å². The minimum atomic E-state index is -3.71. The van der Waals surface area contributed by atoms with Crippen molar-refractivity contribution >= 4 is 122 Å². The number of sulfonamides is 1. The summed E-state index contributed by atoms with van der Waals surface area (Å²) in [7, 11) is -5.06. The van der Waals surface area contributed by atoms with Crippen LogP contribution in [0.4, 0.5) is 42.9 Å². The fraction of sp³-hybridized carbons (Fsp3) is 0.300. The van der Waals surface area contributed by atoms with Crippen molar-refractivity contribution in [3.63, 3.8) is 0 Å². The van der Waals surface area contributed by atoms with Gasteiger partial charge in [-0.3, -0.25) is 14.3 Å². The van der Waals surface area contributed by atoms with Crippen LogP contribution in [0.1, 0.15) is 102 Å². The van der Waals surface area contributed by atoms with Crippen molar-refractivity contribution in [3.05, 3.63) is 183 Å². The topological polar surface area (TPSA) is 204 Å². The van der Waals surface area contributed by atoms with Crippen molar-refractivity contribution < 1.29 is 72.4 Å². The number of aromatic nitrogens is 2. The van der Waals surface area contributed by atoms with Crippen LogP contribution in [0.15, 0.2) is 113 Å². The molecule has 8 aromatic rings. The van der Waals surface area contributed by atoms with E-state index in [1.165, 1.54) is 19.1 Å². The normalized spacial score (nSPS) is 13.5. The van der Waals surface area contributed by atoms with E-state index < -0.39 is 53.4 Å². The molecule has 83 heavy (non-hydrogen) atoms. The van der Waals surface area contributed by atoms with Gasteiger partial charge in [0.05, 0.1) is 43.4 Å². The summed E-state index contributed by atoms with van der Waals surface area (Å²) in [6.45, 7) is 17.2. The Kier molecular flexibility index (Phi) is 22.0. The summed E-state index contributed by atoms with van der Waals surface area (Å²) in [5.74, 6) is -1.02. The number of rotatable bonds is 12. The largest absolute Gasteiger partial charge is 0.421 e. The first-order chi connectivity index (χ1) is 37.1. The zero-order valence-electron chi connectivity index (χ0n) is 47.8. The molecule has 4 aromatic heterocycles. The van der Waals surface area contributed by atoms with Crippen molar-refractivity contribution in [1.29, 1.82) is 0 Å². The zero-order chi connectivity index (χ0) is 57.4. The predicted molar refractivity (Wildman–Crippen MR) is 341 cm³/mol. The summed E-state index contributed by atoms with van der Waals surface area (Å²) < 4.78 is 88.7. The van der Waals surface area contributed by atoms with Gasteiger partial charge in [-0.15, -0.1) is 0 Å². The number of pyridine rings is 2. The second kappa shape index (κ2) is 26.4. The Bertz CT molecular complexity index is 4230. The molecule has 1 atom stereocenters. The van der Waals surface area contributed by atoms with Crippen molar-refractivity contribution in [3.8, 4) is 22.3 Å². The molecule has 4 aromatic carbocycles. The maximum atomic E-state index is 14.9. The molecule has 15 nitrogen and oxygen atoms in total. The van der Waals surface area contributed by atoms with E-state index >= 15 is 0 Å². The monoisotopic (exact) mass is 1740 g/mol. The number of hydrogen-bond donors (Lipinski definition) is 4. The minimum absolute atomic E-state index is 0. The van der Waals surface area contributed by atoms with Crippen LogP contribution < -0.4 is 42.4 Å². The van der Waals surface area contributed by atoms with E-state index in [9.17, 15) is 40.6 Å². The Balaban J connectivity index is 0.000000290. The SMILES string of the molecule is Cc1c(Nc2ccc(I)cc2F)c2c(=O)n(C3CC3)c(C)c(-c3cccc(NS(=O)(=O)C(C)(C)C)c3)c2oc1=O.Cc1c(Nc2ccc(I)cc2F)c2c(=O)n(C3CC3)c(C)c(-c3cccc(NS(=O)C(C)(C)C)c3)c2oc1=O.[CH3-].[CH3-].[W].[W]. The van der Waals surface area contributed by atoms with Gasteiger partial charge in [-0.05, 0) is 212 Å². The van der Waals surface area contributed by atoms with Gasteiger partial charge < -0.3 is 48.2 Å². The van der Waals surface area contributed by atoms with Crippen molar-refractivity contribution in [2.24, 2.45) is 0 Å². The summed E-state index contributed by atoms with van der Waals surface area (Å²) in [6.07, 6.45) is 3.37. The second-order valence-electron chi connectivity index (χ2n) is 21.8. The molecular formula is C60H64F2I2N6O9S2W2-2. The van der Waals surface area contributed by atoms with Gasteiger partial charge in [0.2, 0.25) is 10.0 Å². The number of benzene rings is 4. The third-order valence-corrected chi connectivity index (χ3v) is 18.8. The van der Waals surface area contributed by atoms with E-state index in [-0.39, 0.29) is 136 Å². The Hall–Kier alpha value is -4.80. The van der Waals surface area contributed by atoms with Crippen molar-refractivity contribution in [1.82, 2.24) is 9.13 Å². The third-order valence-electron chi connectivity index (χ3n) is 13.8. The van der Waals surface area contributed by atoms with Crippen molar-refractivity contribution in [2.75, 3.05) is 20.1 Å². The molecule has 2 aliphatic rings. The van der Waals surface area contributed by atoms with Gasteiger partial charge in [-0.2, -0.15) is 0 Å². The molecule has 10 rings (SSSR count). The van der Waals surface area contributed by atoms with E-state index in [1.54, 1.807) is 92.3 Å². The number of halogens is 4. The van der Waals surface area contributed by atoms with Gasteiger partial charge in [0, 0.05) is 95.2 Å². The van der Waals surface area contributed by atoms with Crippen LogP contribution in [0.25, 0.3) is 44.2 Å². The van der Waals surface area contributed by atoms with Crippen LogP contribution in [0, 0.1) is 61.3 Å². The molecule has 0 bridgehead atoms. The van der Waals surface area contributed by atoms with Gasteiger partial charge >= 0.3 is 11.3 Å². The van der Waals surface area contributed by atoms with E-state index in [0.29, 0.717) is 48.6 Å². The summed E-state index contributed by atoms with van der Waals surface area (Å²) in [6, 6.07) is 23.4. The Morgan fingerprint density at radius 1 is 0.602 bits per heavy atom. The van der Waals surface area contributed by atoms with Crippen LogP contribution in [-0.2, 0) is 63.1 Å². The summed E-state index contributed by atoms with van der Waals surface area (Å²) in [5, 5.41) is 6.34. The molecular weight excluding hydrogens is 1670 g/mol. The van der Waals surface area contributed by atoms with E-state index in [0.717, 1.165) is 29.3 Å². The van der Waals surface area contributed by atoms with E-state index in [1.807, 2.05) is 97.1 Å². The Labute approximate surface area is 540 Å². The zero-order valence-corrected chi connectivity index (χ0v) is 59.6. The van der Waals surface area contributed by atoms with Gasteiger partial charge in [-0.25, -0.2) is 31.0 Å². The van der Waals surface area contributed by atoms with Crippen LogP contribution in [-0.4, -0.2) is 31.3 Å². The molecule has 1 unspecified atom stereocenters. The first kappa shape index (κ1) is 69.0. The fourth-order valence-electron chi connectivity index (χ4n) is 9.16. The van der Waals surface area contributed by atoms with Gasteiger partial charge in [-0.1, -0.05) is 24.3 Å². The van der Waals surface area contributed by atoms with Crippen LogP contribution in [0.3, 0.4) is 0 Å². The fourth-order valence-corrected chi connectivity index (χ4v) is 11.5. The van der Waals surface area contributed by atoms with Gasteiger partial charge in [0.25, 0.3) is 11.1 Å². The standard InChI is InChI=1S/C29H29FIN3O5S.C29H29FIN3O4S.2CH3.2W/c1-15-25(32-22-12-9-18(31)14-21(22)30)24-26(39-28(15)36)23(16(2)34(27(24)35)20-10-11-20)17-7-6-8-19(13-17)33-40(37,38)29(3,4)5;1-15-25(32-22-12-9-18(31)14-21(22)30)24-26(38-28(15)36)23(16(2)34(27(24)35)20-10-11-20)17-7-6-8-19(13-17)33-39(37)29(3,4)5;;;;/h6-9,12-14,20,32-33H,10-11H2,1-5H3;6-9,12-14,20,32-33H,10-11H2,1-5H3;2*1H3;;/q;;2*-1;;. The average molecular weight is 1740 g/mol. The number of nitrogens with one attached hydrogen (secondary N) is 4. The van der Waals surface area contributed by atoms with Crippen LogP contribution in [0.5, 0.6) is 0 Å². The van der Waals surface area contributed by atoms with Gasteiger partial charge in [0.1, 0.15) is 33.4 Å². The quantitative estimate of drug-likeness (QED) is 0.0669. The molecule has 2 aliphatic carbocycles. The Morgan fingerprint density at radius 2 is 0.988 bits per heavy atom. The summed E-state index contributed by atoms with van der Waals surface area (Å²) >= 11 is 4.02. The molecule has 2 saturated carbocycles. The number of hydrogen-bond acceptors (Lipinski definition) is 11. The smallest absolute Gasteiger partial charge is 0.341 e. The number of anilines is 6. The maximum Gasteiger partial charge on any atom is 0.341 e. The van der Waals surface area contributed by atoms with E-state index in [2.05, 4.69) is 20.1 Å². The van der Waals surface area contributed by atoms with Crippen LogP contribution >= 0.6 is 45.2 Å². The van der Waals surface area contributed by atoms with Crippen molar-refractivity contribution in [2.45, 2.75) is 116 Å². The molecule has 442 valence electrons. The average Bonchev–Trinajstić information content (AvgIpc) is 4.51. The summed E-state index contributed by atoms with van der Waals surface area (Å²) in [5.41, 5.74) is 3.82. The molecule has 23 heteroatoms. The predicted octanol–water partition coefficient (Wildman–Crippen LogP) is 14.4. The molecule has 0 saturated heterocycles. The van der Waals surface area contributed by atoms with Gasteiger partial charge in [0.15, 0.2) is 11.2 Å². The first-order valence-corrected chi connectivity index (χ1v) is 30.2. The molecule has 4 heterocycles. The van der Waals surface area contributed by atoms with E-state index in [4.69, 9.17) is 8.83 Å². The molecule has 0 spiro atoms.